The van der Waals surface area contributed by atoms with E-state index < -0.39 is 17.6 Å². The zero-order valence-electron chi connectivity index (χ0n) is 15.0. The molecule has 0 saturated carbocycles. The molecule has 1 heterocycles. The highest BCUT2D eigenvalue weighted by atomic mass is 19.4. The zero-order chi connectivity index (χ0) is 20.1. The Morgan fingerprint density at radius 2 is 1.82 bits per heavy atom. The van der Waals surface area contributed by atoms with Gasteiger partial charge in [0.2, 0.25) is 5.91 Å². The van der Waals surface area contributed by atoms with Gasteiger partial charge in [-0.2, -0.15) is 13.2 Å². The molecule has 0 fully saturated rings. The summed E-state index contributed by atoms with van der Waals surface area (Å²) in [5, 5.41) is 2.69. The third-order valence-electron chi connectivity index (χ3n) is 4.10. The molecule has 0 radical (unpaired) electrons. The number of rotatable bonds is 5. The van der Waals surface area contributed by atoms with E-state index in [4.69, 9.17) is 4.74 Å². The quantitative estimate of drug-likeness (QED) is 0.675. The number of amides is 1. The van der Waals surface area contributed by atoms with Crippen LogP contribution >= 0.6 is 0 Å². The third kappa shape index (κ3) is 4.68. The van der Waals surface area contributed by atoms with E-state index in [0.717, 1.165) is 23.3 Å². The molecule has 3 aromatic rings. The van der Waals surface area contributed by atoms with Crippen LogP contribution in [0, 0.1) is 0 Å². The van der Waals surface area contributed by atoms with Crippen LogP contribution in [0.1, 0.15) is 11.1 Å². The molecule has 4 nitrogen and oxygen atoms in total. The summed E-state index contributed by atoms with van der Waals surface area (Å²) < 4.78 is 43.8. The van der Waals surface area contributed by atoms with Crippen LogP contribution in [-0.2, 0) is 17.4 Å². The van der Waals surface area contributed by atoms with Crippen molar-refractivity contribution >= 4 is 11.6 Å². The number of nitrogens with zero attached hydrogens (tertiary/aromatic N) is 1. The van der Waals surface area contributed by atoms with Crippen molar-refractivity contribution in [1.29, 1.82) is 0 Å². The van der Waals surface area contributed by atoms with E-state index in [2.05, 4.69) is 10.3 Å². The van der Waals surface area contributed by atoms with Crippen molar-refractivity contribution in [1.82, 2.24) is 4.98 Å². The van der Waals surface area contributed by atoms with E-state index in [9.17, 15) is 18.0 Å². The van der Waals surface area contributed by atoms with Crippen LogP contribution in [0.25, 0.3) is 11.1 Å². The number of hydrogen-bond acceptors (Lipinski definition) is 3. The number of ether oxygens (including phenoxy) is 1. The van der Waals surface area contributed by atoms with Gasteiger partial charge in [0.15, 0.2) is 0 Å². The van der Waals surface area contributed by atoms with Gasteiger partial charge >= 0.3 is 6.18 Å². The number of benzene rings is 2. The summed E-state index contributed by atoms with van der Waals surface area (Å²) in [6.45, 7) is 0. The van der Waals surface area contributed by atoms with Crippen molar-refractivity contribution in [3.8, 4) is 16.9 Å². The minimum absolute atomic E-state index is 0.168. The Morgan fingerprint density at radius 1 is 1.07 bits per heavy atom. The number of hydrogen-bond donors (Lipinski definition) is 1. The average molecular weight is 386 g/mol. The average Bonchev–Trinajstić information content (AvgIpc) is 2.68. The molecule has 1 amide bonds. The predicted molar refractivity (Wildman–Crippen MR) is 100 cm³/mol. The summed E-state index contributed by atoms with van der Waals surface area (Å²) in [5.41, 5.74) is 1.75. The molecule has 28 heavy (non-hydrogen) atoms. The Kier molecular flexibility index (Phi) is 5.63. The summed E-state index contributed by atoms with van der Waals surface area (Å²) in [6.07, 6.45) is -1.28. The lowest BCUT2D eigenvalue weighted by Gasteiger charge is -2.12. The van der Waals surface area contributed by atoms with Gasteiger partial charge in [-0.1, -0.05) is 18.2 Å². The maximum Gasteiger partial charge on any atom is 0.416 e. The van der Waals surface area contributed by atoms with Gasteiger partial charge in [0, 0.05) is 29.7 Å². The number of carbonyl (C=O) groups is 1. The molecular weight excluding hydrogens is 369 g/mol. The molecule has 0 aliphatic carbocycles. The largest absolute Gasteiger partial charge is 0.496 e. The van der Waals surface area contributed by atoms with E-state index in [0.29, 0.717) is 11.4 Å². The minimum Gasteiger partial charge on any atom is -0.496 e. The van der Waals surface area contributed by atoms with E-state index in [-0.39, 0.29) is 12.0 Å². The molecule has 144 valence electrons. The molecular formula is C21H17F3N2O2. The van der Waals surface area contributed by atoms with Gasteiger partial charge in [-0.05, 0) is 41.5 Å². The van der Waals surface area contributed by atoms with Crippen molar-refractivity contribution in [3.05, 3.63) is 78.1 Å². The topological polar surface area (TPSA) is 51.2 Å². The summed E-state index contributed by atoms with van der Waals surface area (Å²) >= 11 is 0. The standard InChI is InChI=1S/C21H17F3N2O2/c1-28-19-13-17(5-6-18(19)15-7-9-25-10-8-15)26-20(27)12-14-3-2-4-16(11-14)21(22,23)24/h2-11,13H,12H2,1H3,(H,26,27). The van der Waals surface area contributed by atoms with Crippen LogP contribution in [0.5, 0.6) is 5.75 Å². The van der Waals surface area contributed by atoms with E-state index in [1.807, 2.05) is 12.1 Å². The first-order valence-electron chi connectivity index (χ1n) is 8.41. The molecule has 0 aliphatic rings. The number of pyridine rings is 1. The molecule has 3 rings (SSSR count). The second-order valence-corrected chi connectivity index (χ2v) is 6.07. The number of halogens is 3. The summed E-state index contributed by atoms with van der Waals surface area (Å²) in [7, 11) is 1.52. The molecule has 7 heteroatoms. The Labute approximate surface area is 160 Å². The molecule has 0 bridgehead atoms. The SMILES string of the molecule is COc1cc(NC(=O)Cc2cccc(C(F)(F)F)c2)ccc1-c1ccncc1. The second-order valence-electron chi connectivity index (χ2n) is 6.07. The maximum absolute atomic E-state index is 12.8. The maximum atomic E-state index is 12.8. The Morgan fingerprint density at radius 3 is 2.50 bits per heavy atom. The van der Waals surface area contributed by atoms with Gasteiger partial charge in [-0.15, -0.1) is 0 Å². The number of anilines is 1. The fourth-order valence-electron chi connectivity index (χ4n) is 2.79. The summed E-state index contributed by atoms with van der Waals surface area (Å²) in [6, 6.07) is 13.6. The van der Waals surface area contributed by atoms with Gasteiger partial charge < -0.3 is 10.1 Å². The number of methoxy groups -OCH3 is 1. The van der Waals surface area contributed by atoms with E-state index >= 15 is 0 Å². The molecule has 0 atom stereocenters. The number of alkyl halides is 3. The Balaban J connectivity index is 1.74. The van der Waals surface area contributed by atoms with E-state index in [1.54, 1.807) is 30.6 Å². The highest BCUT2D eigenvalue weighted by Crippen LogP contribution is 2.32. The Bertz CT molecular complexity index is 973. The minimum atomic E-state index is -4.44. The van der Waals surface area contributed by atoms with Gasteiger partial charge in [0.1, 0.15) is 5.75 Å². The van der Waals surface area contributed by atoms with Crippen LogP contribution in [0.15, 0.2) is 67.0 Å². The second kappa shape index (κ2) is 8.12. The molecule has 0 aliphatic heterocycles. The van der Waals surface area contributed by atoms with Crippen LogP contribution < -0.4 is 10.1 Å². The van der Waals surface area contributed by atoms with Crippen LogP contribution in [0.3, 0.4) is 0 Å². The van der Waals surface area contributed by atoms with Crippen molar-refractivity contribution in [2.75, 3.05) is 12.4 Å². The zero-order valence-corrected chi connectivity index (χ0v) is 15.0. The molecule has 0 saturated heterocycles. The first-order valence-corrected chi connectivity index (χ1v) is 8.41. The molecule has 0 unspecified atom stereocenters. The van der Waals surface area contributed by atoms with Crippen LogP contribution in [0.4, 0.5) is 18.9 Å². The van der Waals surface area contributed by atoms with Crippen LogP contribution in [0.2, 0.25) is 0 Å². The lowest BCUT2D eigenvalue weighted by molar-refractivity contribution is -0.137. The third-order valence-corrected chi connectivity index (χ3v) is 4.10. The van der Waals surface area contributed by atoms with E-state index in [1.165, 1.54) is 19.2 Å². The number of aromatic nitrogens is 1. The molecule has 1 aromatic heterocycles. The van der Waals surface area contributed by atoms with Gasteiger partial charge in [0.25, 0.3) is 0 Å². The molecule has 1 N–H and O–H groups in total. The fraction of sp³-hybridized carbons (Fsp3) is 0.143. The fourth-order valence-corrected chi connectivity index (χ4v) is 2.79. The van der Waals surface area contributed by atoms with Crippen molar-refractivity contribution < 1.29 is 22.7 Å². The van der Waals surface area contributed by atoms with Gasteiger partial charge in [-0.25, -0.2) is 0 Å². The summed E-state index contributed by atoms with van der Waals surface area (Å²) in [4.78, 5) is 16.2. The first-order chi connectivity index (χ1) is 13.4. The van der Waals surface area contributed by atoms with Gasteiger partial charge in [-0.3, -0.25) is 9.78 Å². The normalized spacial score (nSPS) is 11.1. The van der Waals surface area contributed by atoms with Gasteiger partial charge in [0.05, 0.1) is 19.1 Å². The van der Waals surface area contributed by atoms with Crippen molar-refractivity contribution in [2.45, 2.75) is 12.6 Å². The monoisotopic (exact) mass is 386 g/mol. The van der Waals surface area contributed by atoms with Crippen molar-refractivity contribution in [2.24, 2.45) is 0 Å². The van der Waals surface area contributed by atoms with Crippen LogP contribution in [-0.4, -0.2) is 18.0 Å². The smallest absolute Gasteiger partial charge is 0.416 e. The summed E-state index contributed by atoms with van der Waals surface area (Å²) in [5.74, 6) is 0.140. The predicted octanol–water partition coefficient (Wildman–Crippen LogP) is 4.96. The number of carbonyl (C=O) groups excluding carboxylic acids is 1. The number of nitrogens with one attached hydrogen (secondary N) is 1. The first kappa shape index (κ1) is 19.4. The molecule has 2 aromatic carbocycles. The van der Waals surface area contributed by atoms with Crippen molar-refractivity contribution in [3.63, 3.8) is 0 Å². The lowest BCUT2D eigenvalue weighted by Crippen LogP contribution is -2.15. The lowest BCUT2D eigenvalue weighted by atomic mass is 10.0. The Hall–Kier alpha value is -3.35. The molecule has 0 spiro atoms. The highest BCUT2D eigenvalue weighted by Gasteiger charge is 2.30. The highest BCUT2D eigenvalue weighted by molar-refractivity contribution is 5.93.